The summed E-state index contributed by atoms with van der Waals surface area (Å²) < 4.78 is 12.8. The molecule has 2 aromatic heterocycles. The van der Waals surface area contributed by atoms with Crippen LogP contribution < -0.4 is 9.47 Å². The van der Waals surface area contributed by atoms with Crippen LogP contribution in [0.15, 0.2) is 49.1 Å². The summed E-state index contributed by atoms with van der Waals surface area (Å²) in [7, 11) is 3.40. The van der Waals surface area contributed by atoms with Crippen molar-refractivity contribution < 1.29 is 14.3 Å². The average molecular weight is 393 g/mol. The lowest BCUT2D eigenvalue weighted by Gasteiger charge is -2.32. The van der Waals surface area contributed by atoms with E-state index in [4.69, 9.17) is 9.47 Å². The Morgan fingerprint density at radius 1 is 1.17 bits per heavy atom. The van der Waals surface area contributed by atoms with Crippen molar-refractivity contribution in [1.82, 2.24) is 24.6 Å². The lowest BCUT2D eigenvalue weighted by Crippen LogP contribution is -2.39. The van der Waals surface area contributed by atoms with Gasteiger partial charge in [0.15, 0.2) is 11.5 Å². The van der Waals surface area contributed by atoms with Crippen molar-refractivity contribution in [3.8, 4) is 17.4 Å². The minimum atomic E-state index is -0.00261. The highest BCUT2D eigenvalue weighted by atomic mass is 16.5. The molecule has 0 N–H and O–H groups in total. The second-order valence-corrected chi connectivity index (χ2v) is 7.03. The van der Waals surface area contributed by atoms with Crippen molar-refractivity contribution in [2.45, 2.75) is 18.8 Å². The fourth-order valence-corrected chi connectivity index (χ4v) is 3.54. The molecule has 1 saturated heterocycles. The lowest BCUT2D eigenvalue weighted by atomic mass is 9.94. The van der Waals surface area contributed by atoms with Gasteiger partial charge >= 0.3 is 0 Å². The molecule has 0 unspecified atom stereocenters. The van der Waals surface area contributed by atoms with E-state index in [-0.39, 0.29) is 11.8 Å². The quantitative estimate of drug-likeness (QED) is 0.663. The highest BCUT2D eigenvalue weighted by molar-refractivity contribution is 5.93. The van der Waals surface area contributed by atoms with Crippen LogP contribution in [0.1, 0.15) is 34.8 Å². The van der Waals surface area contributed by atoms with E-state index in [1.54, 1.807) is 43.6 Å². The van der Waals surface area contributed by atoms with Crippen LogP contribution in [0.2, 0.25) is 0 Å². The molecule has 29 heavy (non-hydrogen) atoms. The van der Waals surface area contributed by atoms with Crippen LogP contribution in [-0.2, 0) is 7.05 Å². The fraction of sp³-hybridized carbons (Fsp3) is 0.333. The van der Waals surface area contributed by atoms with Gasteiger partial charge in [-0.3, -0.25) is 14.5 Å². The first-order valence-electron chi connectivity index (χ1n) is 9.55. The molecular weight excluding hydrogens is 370 g/mol. The molecule has 1 aliphatic heterocycles. The molecule has 0 saturated carbocycles. The standard InChI is InChI=1S/C21H23N5O3/c1-25-13-16(10-23-25)21(27)26-9-5-6-15(14-26)17-11-22-12-20(24-17)29-19-8-4-3-7-18(19)28-2/h3-4,7-8,10-13,15H,5-6,9,14H2,1-2H3/t15-/m1/s1. The van der Waals surface area contributed by atoms with Crippen molar-refractivity contribution in [3.05, 3.63) is 60.3 Å². The number of aromatic nitrogens is 4. The molecule has 8 heteroatoms. The third-order valence-corrected chi connectivity index (χ3v) is 4.99. The Bertz CT molecular complexity index is 1000. The lowest BCUT2D eigenvalue weighted by molar-refractivity contribution is 0.0705. The number of benzene rings is 1. The maximum atomic E-state index is 12.8. The number of likely N-dealkylation sites (tertiary alicyclic amines) is 1. The molecule has 3 heterocycles. The zero-order valence-corrected chi connectivity index (χ0v) is 16.5. The maximum Gasteiger partial charge on any atom is 0.257 e. The van der Waals surface area contributed by atoms with E-state index < -0.39 is 0 Å². The normalized spacial score (nSPS) is 16.5. The van der Waals surface area contributed by atoms with Gasteiger partial charge in [-0.25, -0.2) is 4.98 Å². The average Bonchev–Trinajstić information content (AvgIpc) is 3.20. The second-order valence-electron chi connectivity index (χ2n) is 7.03. The monoisotopic (exact) mass is 393 g/mol. The van der Waals surface area contributed by atoms with Gasteiger partial charge in [-0.05, 0) is 25.0 Å². The Kier molecular flexibility index (Phi) is 5.41. The van der Waals surface area contributed by atoms with Gasteiger partial charge in [0, 0.05) is 38.4 Å². The van der Waals surface area contributed by atoms with E-state index >= 15 is 0 Å². The van der Waals surface area contributed by atoms with Gasteiger partial charge in [-0.2, -0.15) is 5.10 Å². The van der Waals surface area contributed by atoms with Gasteiger partial charge in [-0.1, -0.05) is 12.1 Å². The Hall–Kier alpha value is -3.42. The number of amides is 1. The van der Waals surface area contributed by atoms with Crippen LogP contribution >= 0.6 is 0 Å². The highest BCUT2D eigenvalue weighted by Gasteiger charge is 2.27. The summed E-state index contributed by atoms with van der Waals surface area (Å²) in [6, 6.07) is 7.40. The third kappa shape index (κ3) is 4.21. The summed E-state index contributed by atoms with van der Waals surface area (Å²) in [5.74, 6) is 1.72. The molecule has 1 amide bonds. The number of carbonyl (C=O) groups is 1. The molecule has 4 rings (SSSR count). The Balaban J connectivity index is 1.49. The molecule has 1 aromatic carbocycles. The first kappa shape index (κ1) is 18.9. The summed E-state index contributed by atoms with van der Waals surface area (Å²) in [6.45, 7) is 1.33. The zero-order chi connectivity index (χ0) is 20.2. The number of ether oxygens (including phenoxy) is 2. The van der Waals surface area contributed by atoms with E-state index in [0.717, 1.165) is 25.1 Å². The van der Waals surface area contributed by atoms with Crippen molar-refractivity contribution >= 4 is 5.91 Å². The molecule has 0 spiro atoms. The Morgan fingerprint density at radius 2 is 2.00 bits per heavy atom. The van der Waals surface area contributed by atoms with Gasteiger partial charge in [0.25, 0.3) is 5.91 Å². The number of hydrogen-bond acceptors (Lipinski definition) is 6. The Labute approximate surface area is 169 Å². The number of aryl methyl sites for hydroxylation is 1. The number of hydrogen-bond donors (Lipinski definition) is 0. The first-order valence-corrected chi connectivity index (χ1v) is 9.55. The van der Waals surface area contributed by atoms with E-state index in [2.05, 4.69) is 15.1 Å². The van der Waals surface area contributed by atoms with Gasteiger partial charge in [-0.15, -0.1) is 0 Å². The third-order valence-electron chi connectivity index (χ3n) is 4.99. The molecule has 8 nitrogen and oxygen atoms in total. The minimum Gasteiger partial charge on any atom is -0.493 e. The zero-order valence-electron chi connectivity index (χ0n) is 16.5. The summed E-state index contributed by atoms with van der Waals surface area (Å²) in [5.41, 5.74) is 1.42. The van der Waals surface area contributed by atoms with E-state index in [1.807, 2.05) is 29.2 Å². The fourth-order valence-electron chi connectivity index (χ4n) is 3.54. The SMILES string of the molecule is COc1ccccc1Oc1cncc([C@@H]2CCCN(C(=O)c3cnn(C)c3)C2)n1. The van der Waals surface area contributed by atoms with Crippen molar-refractivity contribution in [2.75, 3.05) is 20.2 Å². The molecule has 1 fully saturated rings. The van der Waals surface area contributed by atoms with Crippen molar-refractivity contribution in [2.24, 2.45) is 7.05 Å². The molecule has 3 aromatic rings. The number of rotatable bonds is 5. The molecule has 1 atom stereocenters. The number of carbonyl (C=O) groups excluding carboxylic acids is 1. The van der Waals surface area contributed by atoms with Crippen LogP contribution in [0.4, 0.5) is 0 Å². The van der Waals surface area contributed by atoms with E-state index in [0.29, 0.717) is 29.5 Å². The van der Waals surface area contributed by atoms with Crippen LogP contribution in [-0.4, -0.2) is 50.8 Å². The molecule has 0 aliphatic carbocycles. The van der Waals surface area contributed by atoms with Crippen molar-refractivity contribution in [1.29, 1.82) is 0 Å². The second kappa shape index (κ2) is 8.30. The first-order chi connectivity index (χ1) is 14.1. The van der Waals surface area contributed by atoms with E-state index in [9.17, 15) is 4.79 Å². The Morgan fingerprint density at radius 3 is 2.76 bits per heavy atom. The van der Waals surface area contributed by atoms with E-state index in [1.165, 1.54) is 0 Å². The highest BCUT2D eigenvalue weighted by Crippen LogP contribution is 2.31. The number of nitrogens with zero attached hydrogens (tertiary/aromatic N) is 5. The van der Waals surface area contributed by atoms with Crippen LogP contribution in [0, 0.1) is 0 Å². The molecule has 1 aliphatic rings. The number of para-hydroxylation sites is 2. The van der Waals surface area contributed by atoms with Gasteiger partial charge in [0.05, 0.1) is 30.8 Å². The number of piperidine rings is 1. The van der Waals surface area contributed by atoms with Crippen molar-refractivity contribution in [3.63, 3.8) is 0 Å². The van der Waals surface area contributed by atoms with Crippen LogP contribution in [0.25, 0.3) is 0 Å². The van der Waals surface area contributed by atoms with Crippen LogP contribution in [0.5, 0.6) is 17.4 Å². The summed E-state index contributed by atoms with van der Waals surface area (Å²) in [6.07, 6.45) is 8.54. The largest absolute Gasteiger partial charge is 0.493 e. The summed E-state index contributed by atoms with van der Waals surface area (Å²) >= 11 is 0. The molecule has 0 bridgehead atoms. The maximum absolute atomic E-state index is 12.8. The van der Waals surface area contributed by atoms with Gasteiger partial charge in [0.2, 0.25) is 5.88 Å². The smallest absolute Gasteiger partial charge is 0.257 e. The van der Waals surface area contributed by atoms with Gasteiger partial charge < -0.3 is 14.4 Å². The molecular formula is C21H23N5O3. The summed E-state index contributed by atoms with van der Waals surface area (Å²) in [4.78, 5) is 23.6. The molecule has 0 radical (unpaired) electrons. The number of methoxy groups -OCH3 is 1. The van der Waals surface area contributed by atoms with Crippen LogP contribution in [0.3, 0.4) is 0 Å². The summed E-state index contributed by atoms with van der Waals surface area (Å²) in [5, 5.41) is 4.10. The minimum absolute atomic E-state index is 0.00261. The predicted molar refractivity (Wildman–Crippen MR) is 106 cm³/mol. The topological polar surface area (TPSA) is 82.4 Å². The predicted octanol–water partition coefficient (Wildman–Crippen LogP) is 3.03. The molecule has 150 valence electrons. The van der Waals surface area contributed by atoms with Gasteiger partial charge in [0.1, 0.15) is 0 Å².